The van der Waals surface area contributed by atoms with E-state index in [0.717, 1.165) is 31.2 Å². The average Bonchev–Trinajstić information content (AvgIpc) is 3.12. The standard InChI is InChI=1S/C17H23FN2O3S/c18-15-7-5-14(6-8-15)13-17(21)19-9-11-20(12-10-19)24(22,23)16-3-1-2-4-16/h5-8,16H,1-4,9-13H2. The number of rotatable bonds is 4. The Morgan fingerprint density at radius 1 is 1.04 bits per heavy atom. The highest BCUT2D eigenvalue weighted by Crippen LogP contribution is 2.27. The van der Waals surface area contributed by atoms with Gasteiger partial charge < -0.3 is 4.90 Å². The molecule has 3 rings (SSSR count). The van der Waals surface area contributed by atoms with Gasteiger partial charge in [-0.3, -0.25) is 4.79 Å². The van der Waals surface area contributed by atoms with Crippen LogP contribution in [0.3, 0.4) is 0 Å². The number of hydrogen-bond acceptors (Lipinski definition) is 3. The Balaban J connectivity index is 1.54. The fraction of sp³-hybridized carbons (Fsp3) is 0.588. The molecule has 2 fully saturated rings. The Morgan fingerprint density at radius 2 is 1.62 bits per heavy atom. The van der Waals surface area contributed by atoms with Gasteiger partial charge in [0.2, 0.25) is 15.9 Å². The second kappa shape index (κ2) is 7.19. The lowest BCUT2D eigenvalue weighted by atomic mass is 10.1. The number of carbonyl (C=O) groups is 1. The van der Waals surface area contributed by atoms with Crippen LogP contribution in [0.2, 0.25) is 0 Å². The smallest absolute Gasteiger partial charge is 0.227 e. The van der Waals surface area contributed by atoms with Gasteiger partial charge in [-0.1, -0.05) is 25.0 Å². The summed E-state index contributed by atoms with van der Waals surface area (Å²) in [6, 6.07) is 5.89. The molecule has 1 aromatic rings. The van der Waals surface area contributed by atoms with Gasteiger partial charge in [0.05, 0.1) is 11.7 Å². The molecule has 132 valence electrons. The van der Waals surface area contributed by atoms with Crippen molar-refractivity contribution in [3.63, 3.8) is 0 Å². The fourth-order valence-electron chi connectivity index (χ4n) is 3.48. The SMILES string of the molecule is O=C(Cc1ccc(F)cc1)N1CCN(S(=O)(=O)C2CCCC2)CC1. The third-order valence-corrected chi connectivity index (χ3v) is 7.34. The van der Waals surface area contributed by atoms with E-state index >= 15 is 0 Å². The summed E-state index contributed by atoms with van der Waals surface area (Å²) in [4.78, 5) is 14.0. The summed E-state index contributed by atoms with van der Waals surface area (Å²) in [6.07, 6.45) is 3.70. The van der Waals surface area contributed by atoms with Gasteiger partial charge in [-0.15, -0.1) is 0 Å². The zero-order valence-corrected chi connectivity index (χ0v) is 14.5. The minimum atomic E-state index is -3.22. The topological polar surface area (TPSA) is 57.7 Å². The first-order chi connectivity index (χ1) is 11.5. The van der Waals surface area contributed by atoms with Crippen molar-refractivity contribution in [1.82, 2.24) is 9.21 Å². The van der Waals surface area contributed by atoms with E-state index in [2.05, 4.69) is 0 Å². The zero-order valence-electron chi connectivity index (χ0n) is 13.7. The number of hydrogen-bond donors (Lipinski definition) is 0. The van der Waals surface area contributed by atoms with E-state index in [-0.39, 0.29) is 23.4 Å². The summed E-state index contributed by atoms with van der Waals surface area (Å²) in [5.41, 5.74) is 0.766. The molecule has 1 aliphatic heterocycles. The molecule has 7 heteroatoms. The lowest BCUT2D eigenvalue weighted by molar-refractivity contribution is -0.131. The molecule has 2 aliphatic rings. The van der Waals surface area contributed by atoms with Crippen LogP contribution in [0.1, 0.15) is 31.2 Å². The Hall–Kier alpha value is -1.47. The molecule has 5 nitrogen and oxygen atoms in total. The van der Waals surface area contributed by atoms with E-state index in [1.54, 1.807) is 21.3 Å². The predicted octanol–water partition coefficient (Wildman–Crippen LogP) is 1.78. The van der Waals surface area contributed by atoms with Crippen molar-refractivity contribution < 1.29 is 17.6 Å². The van der Waals surface area contributed by atoms with Crippen molar-refractivity contribution in [2.24, 2.45) is 0 Å². The van der Waals surface area contributed by atoms with E-state index in [4.69, 9.17) is 0 Å². The number of sulfonamides is 1. The molecule has 1 heterocycles. The first kappa shape index (κ1) is 17.4. The minimum Gasteiger partial charge on any atom is -0.340 e. The first-order valence-electron chi connectivity index (χ1n) is 8.48. The highest BCUT2D eigenvalue weighted by molar-refractivity contribution is 7.89. The summed E-state index contributed by atoms with van der Waals surface area (Å²) in [5, 5.41) is -0.237. The largest absolute Gasteiger partial charge is 0.340 e. The molecule has 1 amide bonds. The van der Waals surface area contributed by atoms with Crippen molar-refractivity contribution in [2.45, 2.75) is 37.4 Å². The van der Waals surface area contributed by atoms with Crippen LogP contribution >= 0.6 is 0 Å². The highest BCUT2D eigenvalue weighted by atomic mass is 32.2. The van der Waals surface area contributed by atoms with Crippen molar-refractivity contribution in [2.75, 3.05) is 26.2 Å². The van der Waals surface area contributed by atoms with Crippen LogP contribution in [0.4, 0.5) is 4.39 Å². The van der Waals surface area contributed by atoms with Crippen LogP contribution < -0.4 is 0 Å². The lowest BCUT2D eigenvalue weighted by Crippen LogP contribution is -2.52. The van der Waals surface area contributed by atoms with Crippen molar-refractivity contribution in [3.05, 3.63) is 35.6 Å². The third kappa shape index (κ3) is 3.78. The lowest BCUT2D eigenvalue weighted by Gasteiger charge is -2.35. The molecular formula is C17H23FN2O3S. The molecule has 0 atom stereocenters. The summed E-state index contributed by atoms with van der Waals surface area (Å²) in [6.45, 7) is 1.58. The van der Waals surface area contributed by atoms with Crippen LogP contribution in [-0.4, -0.2) is 55.0 Å². The molecule has 0 N–H and O–H groups in total. The molecule has 0 aromatic heterocycles. The van der Waals surface area contributed by atoms with Crippen LogP contribution in [0, 0.1) is 5.82 Å². The number of halogens is 1. The predicted molar refractivity (Wildman–Crippen MR) is 89.4 cm³/mol. The maximum absolute atomic E-state index is 12.9. The molecule has 0 spiro atoms. The van der Waals surface area contributed by atoms with Gasteiger partial charge >= 0.3 is 0 Å². The van der Waals surface area contributed by atoms with Crippen molar-refractivity contribution in [3.8, 4) is 0 Å². The van der Waals surface area contributed by atoms with Gasteiger partial charge in [0.15, 0.2) is 0 Å². The van der Waals surface area contributed by atoms with E-state index in [0.29, 0.717) is 26.2 Å². The van der Waals surface area contributed by atoms with E-state index in [1.807, 2.05) is 0 Å². The number of amides is 1. The Kier molecular flexibility index (Phi) is 5.20. The minimum absolute atomic E-state index is 0.0421. The van der Waals surface area contributed by atoms with Gasteiger partial charge in [0.25, 0.3) is 0 Å². The van der Waals surface area contributed by atoms with E-state index < -0.39 is 10.0 Å². The Bertz CT molecular complexity index is 676. The number of piperazine rings is 1. The van der Waals surface area contributed by atoms with Gasteiger partial charge in [-0.25, -0.2) is 12.8 Å². The number of nitrogens with zero attached hydrogens (tertiary/aromatic N) is 2. The first-order valence-corrected chi connectivity index (χ1v) is 9.98. The van der Waals surface area contributed by atoms with Gasteiger partial charge in [0, 0.05) is 26.2 Å². The monoisotopic (exact) mass is 354 g/mol. The Labute approximate surface area is 142 Å². The van der Waals surface area contributed by atoms with Gasteiger partial charge in [0.1, 0.15) is 5.82 Å². The Morgan fingerprint density at radius 3 is 2.21 bits per heavy atom. The summed E-state index contributed by atoms with van der Waals surface area (Å²) < 4.78 is 39.6. The molecule has 1 saturated heterocycles. The zero-order chi connectivity index (χ0) is 17.2. The summed E-state index contributed by atoms with van der Waals surface area (Å²) in [5.74, 6) is -0.364. The maximum atomic E-state index is 12.9. The summed E-state index contributed by atoms with van der Waals surface area (Å²) >= 11 is 0. The molecule has 1 aliphatic carbocycles. The van der Waals surface area contributed by atoms with E-state index in [9.17, 15) is 17.6 Å². The fourth-order valence-corrected chi connectivity index (χ4v) is 5.50. The van der Waals surface area contributed by atoms with Crippen molar-refractivity contribution in [1.29, 1.82) is 0 Å². The molecule has 0 bridgehead atoms. The van der Waals surface area contributed by atoms with Crippen LogP contribution in [0.5, 0.6) is 0 Å². The molecule has 1 aromatic carbocycles. The summed E-state index contributed by atoms with van der Waals surface area (Å²) in [7, 11) is -3.22. The molecule has 0 radical (unpaired) electrons. The molecular weight excluding hydrogens is 331 g/mol. The van der Waals surface area contributed by atoms with Crippen LogP contribution in [0.25, 0.3) is 0 Å². The van der Waals surface area contributed by atoms with E-state index in [1.165, 1.54) is 12.1 Å². The van der Waals surface area contributed by atoms with Crippen LogP contribution in [0.15, 0.2) is 24.3 Å². The average molecular weight is 354 g/mol. The second-order valence-electron chi connectivity index (χ2n) is 6.53. The molecule has 1 saturated carbocycles. The normalized spacial score (nSPS) is 20.5. The number of carbonyl (C=O) groups excluding carboxylic acids is 1. The quantitative estimate of drug-likeness (QED) is 0.828. The van der Waals surface area contributed by atoms with Gasteiger partial charge in [-0.2, -0.15) is 4.31 Å². The number of benzene rings is 1. The third-order valence-electron chi connectivity index (χ3n) is 4.94. The second-order valence-corrected chi connectivity index (χ2v) is 8.75. The molecule has 24 heavy (non-hydrogen) atoms. The maximum Gasteiger partial charge on any atom is 0.227 e. The van der Waals surface area contributed by atoms with Crippen LogP contribution in [-0.2, 0) is 21.2 Å². The van der Waals surface area contributed by atoms with Crippen molar-refractivity contribution >= 4 is 15.9 Å². The van der Waals surface area contributed by atoms with Gasteiger partial charge in [-0.05, 0) is 30.5 Å². The molecule has 0 unspecified atom stereocenters. The highest BCUT2D eigenvalue weighted by Gasteiger charge is 2.36.